The minimum atomic E-state index is -3.36. The average molecular weight is 554 g/mol. The molecule has 0 bridgehead atoms. The van der Waals surface area contributed by atoms with Crippen molar-refractivity contribution in [2.75, 3.05) is 0 Å². The van der Waals surface area contributed by atoms with Gasteiger partial charge >= 0.3 is 12.1 Å². The van der Waals surface area contributed by atoms with Crippen LogP contribution in [0.3, 0.4) is 0 Å². The summed E-state index contributed by atoms with van der Waals surface area (Å²) >= 11 is 0. The Labute approximate surface area is 220 Å². The predicted molar refractivity (Wildman–Crippen MR) is 131 cm³/mol. The number of carboxylic acids is 1. The molecule has 0 aliphatic heterocycles. The number of hydrogen-bond donors (Lipinski definition) is 3. The van der Waals surface area contributed by atoms with Crippen LogP contribution in [-0.2, 0) is 16.1 Å². The molecule has 0 saturated heterocycles. The second-order valence-electron chi connectivity index (χ2n) is 10.0. The molecule has 1 aromatic heterocycles. The van der Waals surface area contributed by atoms with Gasteiger partial charge in [-0.25, -0.2) is 31.7 Å². The quantitative estimate of drug-likeness (QED) is 0.256. The molecule has 2 atom stereocenters. The zero-order chi connectivity index (χ0) is 28.4. The van der Waals surface area contributed by atoms with E-state index in [9.17, 15) is 32.3 Å². The Balaban J connectivity index is 1.63. The summed E-state index contributed by atoms with van der Waals surface area (Å²) in [6.45, 7) is 0.506. The molecule has 1 aliphatic rings. The van der Waals surface area contributed by atoms with Crippen LogP contribution in [0.15, 0.2) is 42.5 Å². The molecule has 0 spiro atoms. The van der Waals surface area contributed by atoms with E-state index in [2.05, 4.69) is 15.3 Å². The third-order valence-electron chi connectivity index (χ3n) is 6.89. The molecule has 12 heteroatoms. The van der Waals surface area contributed by atoms with Crippen LogP contribution in [0.2, 0.25) is 0 Å². The fourth-order valence-corrected chi connectivity index (χ4v) is 4.88. The molecule has 0 radical (unpaired) electrons. The summed E-state index contributed by atoms with van der Waals surface area (Å²) in [6, 6.07) is 10.3. The minimum absolute atomic E-state index is 0.0428. The maximum atomic E-state index is 15.4. The van der Waals surface area contributed by atoms with Gasteiger partial charge in [-0.1, -0.05) is 36.4 Å². The highest BCUT2D eigenvalue weighted by atomic mass is 19.3. The number of rotatable bonds is 9. The smallest absolute Gasteiger partial charge is 0.408 e. The largest absolute Gasteiger partial charge is 0.481 e. The number of ether oxygens (including phenoxy) is 1. The van der Waals surface area contributed by atoms with Crippen molar-refractivity contribution in [3.05, 3.63) is 65.2 Å². The third kappa shape index (κ3) is 7.04. The Morgan fingerprint density at radius 2 is 1.85 bits per heavy atom. The summed E-state index contributed by atoms with van der Waals surface area (Å²) in [5.74, 6) is -11.2. The Morgan fingerprint density at radius 1 is 1.18 bits per heavy atom. The zero-order valence-electron chi connectivity index (χ0n) is 21.0. The molecular weight excluding hydrogens is 525 g/mol. The van der Waals surface area contributed by atoms with Crippen molar-refractivity contribution >= 4 is 23.1 Å². The monoisotopic (exact) mass is 553 g/mol. The molecular formula is C27H28F5N3O4. The Bertz CT molecular complexity index is 1320. The van der Waals surface area contributed by atoms with E-state index >= 15 is 4.39 Å². The number of nitrogens with one attached hydrogen (secondary N) is 2. The van der Waals surface area contributed by atoms with Gasteiger partial charge in [-0.2, -0.15) is 0 Å². The van der Waals surface area contributed by atoms with E-state index in [1.807, 2.05) is 0 Å². The number of H-pyrrole nitrogens is 1. The first-order chi connectivity index (χ1) is 18.3. The standard InChI is InChI=1S/C27H28F5N3O4/c1-26(29,30)13-18(24(36)37)17-7-8-19-22(20(17)28)34-23(33-19)21(16-9-11-27(31,32)12-10-16)35-25(38)39-14-15-5-3-2-4-6-15/h2-8,16,18,21H,9-14H2,1H3,(H,33,34)(H,35,38)(H,36,37). The van der Waals surface area contributed by atoms with Crippen molar-refractivity contribution in [3.63, 3.8) is 0 Å². The highest BCUT2D eigenvalue weighted by molar-refractivity contribution is 5.82. The molecule has 1 aliphatic carbocycles. The molecule has 210 valence electrons. The second-order valence-corrected chi connectivity index (χ2v) is 10.0. The van der Waals surface area contributed by atoms with Crippen LogP contribution in [0.4, 0.5) is 26.7 Å². The van der Waals surface area contributed by atoms with Gasteiger partial charge in [-0.05, 0) is 37.3 Å². The Morgan fingerprint density at radius 3 is 2.46 bits per heavy atom. The first-order valence-electron chi connectivity index (χ1n) is 12.5. The number of nitrogens with zero attached hydrogens (tertiary/aromatic N) is 1. The lowest BCUT2D eigenvalue weighted by Crippen LogP contribution is -2.38. The number of benzene rings is 2. The van der Waals surface area contributed by atoms with Gasteiger partial charge < -0.3 is 20.1 Å². The van der Waals surface area contributed by atoms with Crippen LogP contribution in [0.1, 0.15) is 67.9 Å². The number of hydrogen-bond acceptors (Lipinski definition) is 4. The molecule has 1 amide bonds. The summed E-state index contributed by atoms with van der Waals surface area (Å²) in [4.78, 5) is 31.4. The van der Waals surface area contributed by atoms with Crippen molar-refractivity contribution in [1.82, 2.24) is 15.3 Å². The van der Waals surface area contributed by atoms with Crippen molar-refractivity contribution in [3.8, 4) is 0 Å². The molecule has 2 unspecified atom stereocenters. The summed E-state index contributed by atoms with van der Waals surface area (Å²) < 4.78 is 75.7. The van der Waals surface area contributed by atoms with E-state index in [4.69, 9.17) is 4.74 Å². The van der Waals surface area contributed by atoms with Gasteiger partial charge in [0.1, 0.15) is 17.9 Å². The third-order valence-corrected chi connectivity index (χ3v) is 6.89. The maximum Gasteiger partial charge on any atom is 0.408 e. The van der Waals surface area contributed by atoms with E-state index in [-0.39, 0.29) is 36.3 Å². The van der Waals surface area contributed by atoms with Gasteiger partial charge in [0.25, 0.3) is 0 Å². The summed E-state index contributed by atoms with van der Waals surface area (Å²) in [5.41, 5.74) is 0.0900. The number of amides is 1. The van der Waals surface area contributed by atoms with Crippen molar-refractivity contribution < 1.29 is 41.4 Å². The molecule has 3 N–H and O–H groups in total. The predicted octanol–water partition coefficient (Wildman–Crippen LogP) is 6.71. The van der Waals surface area contributed by atoms with Gasteiger partial charge in [-0.3, -0.25) is 4.79 Å². The van der Waals surface area contributed by atoms with E-state index in [1.165, 1.54) is 6.07 Å². The molecule has 4 rings (SSSR count). The summed E-state index contributed by atoms with van der Waals surface area (Å²) in [6.07, 6.45) is -2.66. The number of alkyl halides is 4. The second kappa shape index (κ2) is 11.2. The van der Waals surface area contributed by atoms with E-state index in [0.29, 0.717) is 6.92 Å². The lowest BCUT2D eigenvalue weighted by molar-refractivity contribution is -0.141. The van der Waals surface area contributed by atoms with Gasteiger partial charge in [0.2, 0.25) is 11.8 Å². The zero-order valence-corrected chi connectivity index (χ0v) is 21.0. The van der Waals surface area contributed by atoms with Crippen molar-refractivity contribution in [2.45, 2.75) is 69.4 Å². The fraction of sp³-hybridized carbons (Fsp3) is 0.444. The number of imidazole rings is 1. The Kier molecular flexibility index (Phi) is 8.12. The first kappa shape index (κ1) is 28.3. The summed E-state index contributed by atoms with van der Waals surface area (Å²) in [7, 11) is 0. The number of aromatic amines is 1. The number of aliphatic carboxylic acids is 1. The maximum absolute atomic E-state index is 15.4. The molecule has 3 aromatic rings. The van der Waals surface area contributed by atoms with Crippen LogP contribution in [0.25, 0.3) is 11.0 Å². The van der Waals surface area contributed by atoms with E-state index in [0.717, 1.165) is 11.6 Å². The highest BCUT2D eigenvalue weighted by Gasteiger charge is 2.40. The lowest BCUT2D eigenvalue weighted by Gasteiger charge is -2.33. The first-order valence-corrected chi connectivity index (χ1v) is 12.5. The number of carbonyl (C=O) groups excluding carboxylic acids is 1. The normalized spacial score (nSPS) is 17.5. The number of carboxylic acid groups (broad SMARTS) is 1. The number of fused-ring (bicyclic) bond motifs is 1. The van der Waals surface area contributed by atoms with Crippen LogP contribution in [0, 0.1) is 11.7 Å². The lowest BCUT2D eigenvalue weighted by atomic mass is 9.82. The number of aromatic nitrogens is 2. The van der Waals surface area contributed by atoms with Crippen LogP contribution < -0.4 is 5.32 Å². The fourth-order valence-electron chi connectivity index (χ4n) is 4.88. The minimum Gasteiger partial charge on any atom is -0.481 e. The van der Waals surface area contributed by atoms with Crippen LogP contribution in [-0.4, -0.2) is 39.0 Å². The SMILES string of the molecule is CC(F)(F)CC(C(=O)O)c1ccc2[nH]c(C(NC(=O)OCc3ccccc3)C3CCC(F)(F)CC3)nc2c1F. The topological polar surface area (TPSA) is 104 Å². The van der Waals surface area contributed by atoms with Gasteiger partial charge in [0, 0.05) is 24.8 Å². The molecule has 2 aromatic carbocycles. The van der Waals surface area contributed by atoms with Gasteiger partial charge in [0.15, 0.2) is 5.82 Å². The van der Waals surface area contributed by atoms with Crippen LogP contribution >= 0.6 is 0 Å². The van der Waals surface area contributed by atoms with Gasteiger partial charge in [0.05, 0.1) is 17.5 Å². The molecule has 1 fully saturated rings. The summed E-state index contributed by atoms with van der Waals surface area (Å²) in [5, 5.41) is 12.1. The molecule has 7 nitrogen and oxygen atoms in total. The number of carbonyl (C=O) groups is 2. The number of halogens is 5. The average Bonchev–Trinajstić information content (AvgIpc) is 3.30. The van der Waals surface area contributed by atoms with Crippen molar-refractivity contribution in [2.24, 2.45) is 5.92 Å². The van der Waals surface area contributed by atoms with E-state index in [1.54, 1.807) is 30.3 Å². The molecule has 39 heavy (non-hydrogen) atoms. The van der Waals surface area contributed by atoms with Crippen LogP contribution in [0.5, 0.6) is 0 Å². The Hall–Kier alpha value is -3.70. The molecule has 1 heterocycles. The highest BCUT2D eigenvalue weighted by Crippen LogP contribution is 2.42. The van der Waals surface area contributed by atoms with Crippen molar-refractivity contribution in [1.29, 1.82) is 0 Å². The molecule has 1 saturated carbocycles. The van der Waals surface area contributed by atoms with E-state index < -0.39 is 72.4 Å². The number of alkyl carbamates (subject to hydrolysis) is 1. The van der Waals surface area contributed by atoms with Gasteiger partial charge in [-0.15, -0.1) is 0 Å².